The molecule has 16 heavy (non-hydrogen) atoms. The van der Waals surface area contributed by atoms with Gasteiger partial charge in [0, 0.05) is 0 Å². The van der Waals surface area contributed by atoms with Gasteiger partial charge >= 0.3 is 0 Å². The Bertz CT molecular complexity index is 278. The molecule has 0 aromatic rings. The van der Waals surface area contributed by atoms with Gasteiger partial charge in [-0.2, -0.15) is 0 Å². The molecule has 1 aliphatic heterocycles. The largest absolute Gasteiger partial charge is 0.290 e. The van der Waals surface area contributed by atoms with Gasteiger partial charge in [-0.15, -0.1) is 11.8 Å². The maximum atomic E-state index is 10.3. The average Bonchev–Trinajstić information content (AvgIpc) is 2.38. The van der Waals surface area contributed by atoms with Crippen LogP contribution in [0.4, 0.5) is 0 Å². The van der Waals surface area contributed by atoms with Gasteiger partial charge in [-0.3, -0.25) is 9.59 Å². The summed E-state index contributed by atoms with van der Waals surface area (Å²) < 4.78 is 0. The highest BCUT2D eigenvalue weighted by Gasteiger charge is 1.97. The van der Waals surface area contributed by atoms with E-state index < -0.39 is 0 Å². The van der Waals surface area contributed by atoms with Gasteiger partial charge in [0.1, 0.15) is 0 Å². The lowest BCUT2D eigenvalue weighted by Gasteiger charge is -1.87. The Hall–Kier alpha value is -1.35. The van der Waals surface area contributed by atoms with Crippen molar-refractivity contribution < 1.29 is 9.59 Å². The molecule has 0 radical (unpaired) electrons. The van der Waals surface area contributed by atoms with Gasteiger partial charge in [-0.25, -0.2) is 0 Å². The molecule has 3 heteroatoms. The Morgan fingerprint density at radius 3 is 1.44 bits per heavy atom. The second-order valence-corrected chi connectivity index (χ2v) is 3.40. The van der Waals surface area contributed by atoms with Crippen LogP contribution in [0, 0.1) is 0 Å². The summed E-state index contributed by atoms with van der Waals surface area (Å²) in [5, 5.41) is 4.19. The molecule has 0 aromatic heterocycles. The zero-order chi connectivity index (χ0) is 12.2. The molecule has 0 saturated carbocycles. The van der Waals surface area contributed by atoms with E-state index in [4.69, 9.17) is 0 Å². The van der Waals surface area contributed by atoms with Crippen molar-refractivity contribution in [1.29, 1.82) is 0 Å². The smallest absolute Gasteiger partial charge is 0.178 e. The number of allylic oxidation sites excluding steroid dienone is 6. The summed E-state index contributed by atoms with van der Waals surface area (Å²) in [5.41, 5.74) is 0. The zero-order valence-corrected chi connectivity index (χ0v) is 10.4. The van der Waals surface area contributed by atoms with Crippen molar-refractivity contribution in [2.45, 2.75) is 20.3 Å². The predicted molar refractivity (Wildman–Crippen MR) is 70.1 cm³/mol. The van der Waals surface area contributed by atoms with E-state index in [1.54, 1.807) is 11.8 Å². The molecule has 0 bridgehead atoms. The molecule has 1 aliphatic carbocycles. The lowest BCUT2D eigenvalue weighted by Crippen LogP contribution is -1.97. The molecular formula is C13H16O2S. The van der Waals surface area contributed by atoms with Crippen molar-refractivity contribution in [2.75, 3.05) is 0 Å². The maximum Gasteiger partial charge on any atom is 0.178 e. The molecule has 0 amide bonds. The lowest BCUT2D eigenvalue weighted by molar-refractivity contribution is -0.113. The summed E-state index contributed by atoms with van der Waals surface area (Å²) in [6.07, 6.45) is 10.4. The fourth-order valence-corrected chi connectivity index (χ4v) is 1.32. The average molecular weight is 236 g/mol. The minimum Gasteiger partial charge on any atom is -0.290 e. The van der Waals surface area contributed by atoms with Crippen LogP contribution in [0.15, 0.2) is 47.3 Å². The molecule has 0 atom stereocenters. The molecule has 0 unspecified atom stereocenters. The van der Waals surface area contributed by atoms with Crippen LogP contribution >= 0.6 is 11.8 Å². The second-order valence-electron chi connectivity index (χ2n) is 2.59. The zero-order valence-electron chi connectivity index (χ0n) is 9.55. The lowest BCUT2D eigenvalue weighted by atomic mass is 10.2. The number of hydrogen-bond acceptors (Lipinski definition) is 3. The Morgan fingerprint density at radius 2 is 1.25 bits per heavy atom. The summed E-state index contributed by atoms with van der Waals surface area (Å²) in [5.74, 6) is -0.241. The Balaban J connectivity index is 0.000000251. The highest BCUT2D eigenvalue weighted by molar-refractivity contribution is 8.04. The Morgan fingerprint density at radius 1 is 0.875 bits per heavy atom. The highest BCUT2D eigenvalue weighted by Crippen LogP contribution is 2.09. The van der Waals surface area contributed by atoms with Crippen LogP contribution in [0.3, 0.4) is 0 Å². The number of carbonyl (C=O) groups excluding carboxylic acids is 2. The van der Waals surface area contributed by atoms with Gasteiger partial charge < -0.3 is 0 Å². The third kappa shape index (κ3) is 8.00. The van der Waals surface area contributed by atoms with Crippen LogP contribution < -0.4 is 0 Å². The van der Waals surface area contributed by atoms with Crippen LogP contribution in [0.2, 0.25) is 0 Å². The molecule has 0 aromatic carbocycles. The summed E-state index contributed by atoms with van der Waals surface area (Å²) in [6, 6.07) is 0. The van der Waals surface area contributed by atoms with Crippen molar-refractivity contribution in [3.8, 4) is 0 Å². The quantitative estimate of drug-likeness (QED) is 0.604. The highest BCUT2D eigenvalue weighted by atomic mass is 32.2. The summed E-state index contributed by atoms with van der Waals surface area (Å²) in [6.45, 7) is 4.00. The minimum absolute atomic E-state index is 0.121. The van der Waals surface area contributed by atoms with E-state index in [2.05, 4.69) is 23.0 Å². The maximum absolute atomic E-state index is 10.3. The van der Waals surface area contributed by atoms with Crippen molar-refractivity contribution >= 4 is 23.3 Å². The molecule has 0 N–H and O–H groups in total. The van der Waals surface area contributed by atoms with Crippen molar-refractivity contribution in [2.24, 2.45) is 0 Å². The fourth-order valence-electron chi connectivity index (χ4n) is 0.786. The summed E-state index contributed by atoms with van der Waals surface area (Å²) >= 11 is 1.73. The van der Waals surface area contributed by atoms with Crippen LogP contribution in [0.5, 0.6) is 0 Å². The number of ketones is 2. The number of hydrogen-bond donors (Lipinski definition) is 0. The van der Waals surface area contributed by atoms with Gasteiger partial charge in [-0.05, 0) is 41.5 Å². The third-order valence-electron chi connectivity index (χ3n) is 1.45. The monoisotopic (exact) mass is 236 g/mol. The van der Waals surface area contributed by atoms with Crippen LogP contribution in [0.1, 0.15) is 20.3 Å². The van der Waals surface area contributed by atoms with Gasteiger partial charge in [0.2, 0.25) is 0 Å². The van der Waals surface area contributed by atoms with Gasteiger partial charge in [-0.1, -0.05) is 26.0 Å². The first-order chi connectivity index (χ1) is 7.79. The topological polar surface area (TPSA) is 34.1 Å². The molecule has 2 nitrogen and oxygen atoms in total. The van der Waals surface area contributed by atoms with E-state index in [-0.39, 0.29) is 11.6 Å². The molecule has 2 aliphatic rings. The summed E-state index contributed by atoms with van der Waals surface area (Å²) in [7, 11) is 0. The van der Waals surface area contributed by atoms with Gasteiger partial charge in [0.15, 0.2) is 11.6 Å². The van der Waals surface area contributed by atoms with E-state index in [0.29, 0.717) is 0 Å². The second kappa shape index (κ2) is 10.2. The van der Waals surface area contributed by atoms with E-state index in [1.165, 1.54) is 24.3 Å². The van der Waals surface area contributed by atoms with Crippen molar-refractivity contribution in [1.82, 2.24) is 0 Å². The Labute approximate surface area is 101 Å². The van der Waals surface area contributed by atoms with Crippen molar-refractivity contribution in [3.63, 3.8) is 0 Å². The number of carbonyl (C=O) groups is 2. The van der Waals surface area contributed by atoms with Crippen molar-refractivity contribution in [3.05, 3.63) is 47.3 Å². The Kier molecular flexibility index (Phi) is 9.32. The molecule has 86 valence electrons. The summed E-state index contributed by atoms with van der Waals surface area (Å²) in [4.78, 5) is 20.6. The number of thioether (sulfide) groups is 1. The molecule has 1 heterocycles. The molecule has 0 saturated heterocycles. The number of rotatable bonds is 0. The molecule has 0 spiro atoms. The standard InChI is InChI=1S/C6H4O2.C5H6S.C2H6/c7-5-1-2-6(8)4-3-5;1-2-4-6-5-3-1;1-2/h1-4H;2-5H,1H2;1-2H3. The van der Waals surface area contributed by atoms with E-state index in [0.717, 1.165) is 6.42 Å². The van der Waals surface area contributed by atoms with Crippen LogP contribution in [-0.4, -0.2) is 11.6 Å². The SMILES string of the molecule is C1=CSC=CC1.CC.O=C1C=CC(=O)C=C1. The van der Waals surface area contributed by atoms with E-state index in [9.17, 15) is 9.59 Å². The molecular weight excluding hydrogens is 220 g/mol. The van der Waals surface area contributed by atoms with E-state index >= 15 is 0 Å². The van der Waals surface area contributed by atoms with Crippen LogP contribution in [0.25, 0.3) is 0 Å². The third-order valence-corrected chi connectivity index (χ3v) is 2.14. The predicted octanol–water partition coefficient (Wildman–Crippen LogP) is 3.43. The fraction of sp³-hybridized carbons (Fsp3) is 0.231. The van der Waals surface area contributed by atoms with Crippen LogP contribution in [-0.2, 0) is 9.59 Å². The first kappa shape index (κ1) is 14.6. The molecule has 0 fully saturated rings. The molecule has 2 rings (SSSR count). The first-order valence-corrected chi connectivity index (χ1v) is 6.13. The van der Waals surface area contributed by atoms with E-state index in [1.807, 2.05) is 13.8 Å². The minimum atomic E-state index is -0.121. The van der Waals surface area contributed by atoms with Gasteiger partial charge in [0.05, 0.1) is 0 Å². The first-order valence-electron chi connectivity index (χ1n) is 5.18. The van der Waals surface area contributed by atoms with Gasteiger partial charge in [0.25, 0.3) is 0 Å². The normalized spacial score (nSPS) is 16.1.